The zero-order chi connectivity index (χ0) is 15.6. The lowest BCUT2D eigenvalue weighted by Crippen LogP contribution is -2.38. The van der Waals surface area contributed by atoms with Crippen molar-refractivity contribution in [2.45, 2.75) is 13.8 Å². The van der Waals surface area contributed by atoms with Crippen molar-refractivity contribution in [1.29, 1.82) is 0 Å². The zero-order valence-electron chi connectivity index (χ0n) is 12.0. The average molecular weight is 291 g/mol. The number of amides is 1. The average Bonchev–Trinajstić information content (AvgIpc) is 2.72. The first-order valence-corrected chi connectivity index (χ1v) is 6.86. The molecule has 7 nitrogen and oxygen atoms in total. The molecule has 1 aromatic carbocycles. The zero-order valence-corrected chi connectivity index (χ0v) is 12.0. The summed E-state index contributed by atoms with van der Waals surface area (Å²) in [5.41, 5.74) is 0.400. The first-order valence-electron chi connectivity index (χ1n) is 6.86. The van der Waals surface area contributed by atoms with Crippen LogP contribution in [0.5, 0.6) is 0 Å². The summed E-state index contributed by atoms with van der Waals surface area (Å²) in [7, 11) is 0. The van der Waals surface area contributed by atoms with Gasteiger partial charge in [-0.05, 0) is 19.2 Å². The van der Waals surface area contributed by atoms with Gasteiger partial charge in [-0.15, -0.1) is 0 Å². The maximum atomic E-state index is 12.0. The number of nitro benzene ring substituents is 1. The van der Waals surface area contributed by atoms with Gasteiger partial charge in [-0.3, -0.25) is 19.7 Å². The van der Waals surface area contributed by atoms with Gasteiger partial charge in [0.05, 0.1) is 16.2 Å². The molecule has 21 heavy (non-hydrogen) atoms. The van der Waals surface area contributed by atoms with Crippen LogP contribution in [-0.4, -0.2) is 47.7 Å². The van der Waals surface area contributed by atoms with E-state index in [1.807, 2.05) is 13.8 Å². The number of carbonyl (C=O) groups excluding carboxylic acids is 2. The van der Waals surface area contributed by atoms with Crippen molar-refractivity contribution in [2.75, 3.05) is 31.1 Å². The highest BCUT2D eigenvalue weighted by Gasteiger charge is 2.36. The van der Waals surface area contributed by atoms with Crippen molar-refractivity contribution in [3.05, 3.63) is 33.9 Å². The Labute approximate surface area is 122 Å². The Morgan fingerprint density at radius 3 is 2.48 bits per heavy atom. The maximum absolute atomic E-state index is 12.0. The van der Waals surface area contributed by atoms with Crippen molar-refractivity contribution in [3.63, 3.8) is 0 Å². The molecule has 0 unspecified atom stereocenters. The lowest BCUT2D eigenvalue weighted by Gasteiger charge is -2.22. The minimum atomic E-state index is -0.673. The first-order chi connectivity index (χ1) is 9.99. The van der Waals surface area contributed by atoms with E-state index < -0.39 is 16.6 Å². The summed E-state index contributed by atoms with van der Waals surface area (Å²) in [6, 6.07) is 3.96. The van der Waals surface area contributed by atoms with E-state index in [4.69, 9.17) is 0 Å². The maximum Gasteiger partial charge on any atom is 0.299 e. The van der Waals surface area contributed by atoms with E-state index in [1.54, 1.807) is 0 Å². The van der Waals surface area contributed by atoms with Gasteiger partial charge in [0.1, 0.15) is 0 Å². The van der Waals surface area contributed by atoms with E-state index >= 15 is 0 Å². The number of carbonyl (C=O) groups is 2. The van der Waals surface area contributed by atoms with Crippen LogP contribution in [0.15, 0.2) is 18.2 Å². The molecular weight excluding hydrogens is 274 g/mol. The van der Waals surface area contributed by atoms with Crippen LogP contribution >= 0.6 is 0 Å². The van der Waals surface area contributed by atoms with Gasteiger partial charge in [-0.25, -0.2) is 0 Å². The highest BCUT2D eigenvalue weighted by atomic mass is 16.6. The molecule has 1 aromatic rings. The van der Waals surface area contributed by atoms with Gasteiger partial charge in [0.15, 0.2) is 0 Å². The van der Waals surface area contributed by atoms with Gasteiger partial charge in [-0.2, -0.15) is 0 Å². The molecule has 0 saturated carbocycles. The SMILES string of the molecule is CCN(CC)CCN1C(=O)C(=O)c2cc([N+](=O)[O-])ccc21. The quantitative estimate of drug-likeness (QED) is 0.450. The van der Waals surface area contributed by atoms with Gasteiger partial charge >= 0.3 is 0 Å². The summed E-state index contributed by atoms with van der Waals surface area (Å²) < 4.78 is 0. The van der Waals surface area contributed by atoms with Crippen molar-refractivity contribution < 1.29 is 14.5 Å². The lowest BCUT2D eigenvalue weighted by molar-refractivity contribution is -0.384. The molecule has 0 saturated heterocycles. The first kappa shape index (κ1) is 15.1. The van der Waals surface area contributed by atoms with E-state index in [9.17, 15) is 19.7 Å². The molecule has 0 fully saturated rings. The van der Waals surface area contributed by atoms with E-state index in [2.05, 4.69) is 4.90 Å². The van der Waals surface area contributed by atoms with Gasteiger partial charge in [0, 0.05) is 25.2 Å². The van der Waals surface area contributed by atoms with E-state index in [1.165, 1.54) is 23.1 Å². The molecule has 1 heterocycles. The predicted octanol–water partition coefficient (Wildman–Crippen LogP) is 1.47. The van der Waals surface area contributed by atoms with Crippen LogP contribution in [0.1, 0.15) is 24.2 Å². The highest BCUT2D eigenvalue weighted by Crippen LogP contribution is 2.31. The Kier molecular flexibility index (Phi) is 4.32. The second kappa shape index (κ2) is 6.01. The molecule has 1 aliphatic rings. The molecule has 0 aliphatic carbocycles. The molecule has 0 spiro atoms. The molecule has 1 amide bonds. The van der Waals surface area contributed by atoms with Crippen LogP contribution in [0.2, 0.25) is 0 Å². The number of likely N-dealkylation sites (N-methyl/N-ethyl adjacent to an activating group) is 1. The number of hydrogen-bond donors (Lipinski definition) is 0. The minimum Gasteiger partial charge on any atom is -0.303 e. The molecule has 2 rings (SSSR count). The van der Waals surface area contributed by atoms with Crippen LogP contribution in [0.4, 0.5) is 11.4 Å². The molecule has 112 valence electrons. The molecule has 0 aromatic heterocycles. The third-order valence-corrected chi connectivity index (χ3v) is 3.70. The van der Waals surface area contributed by atoms with Crippen LogP contribution in [0.25, 0.3) is 0 Å². The van der Waals surface area contributed by atoms with Crippen molar-refractivity contribution in [2.24, 2.45) is 0 Å². The summed E-state index contributed by atoms with van der Waals surface area (Å²) >= 11 is 0. The standard InChI is InChI=1S/C14H17N3O4/c1-3-15(4-2)7-8-16-12-6-5-10(17(20)21)9-11(12)13(18)14(16)19/h5-6,9H,3-4,7-8H2,1-2H3. The number of benzene rings is 1. The van der Waals surface area contributed by atoms with Crippen LogP contribution in [0.3, 0.4) is 0 Å². The van der Waals surface area contributed by atoms with Crippen molar-refractivity contribution >= 4 is 23.1 Å². The number of hydrogen-bond acceptors (Lipinski definition) is 5. The fourth-order valence-corrected chi connectivity index (χ4v) is 2.41. The van der Waals surface area contributed by atoms with Crippen molar-refractivity contribution in [3.8, 4) is 0 Å². The van der Waals surface area contributed by atoms with E-state index in [0.717, 1.165) is 13.1 Å². The minimum absolute atomic E-state index is 0.119. The number of nitrogens with zero attached hydrogens (tertiary/aromatic N) is 3. The number of nitro groups is 1. The Balaban J connectivity index is 2.25. The normalized spacial score (nSPS) is 14.0. The van der Waals surface area contributed by atoms with E-state index in [0.29, 0.717) is 18.8 Å². The fraction of sp³-hybridized carbons (Fsp3) is 0.429. The van der Waals surface area contributed by atoms with Crippen LogP contribution in [0, 0.1) is 10.1 Å². The Bertz CT molecular complexity index is 596. The number of non-ortho nitro benzene ring substituents is 1. The van der Waals surface area contributed by atoms with E-state index in [-0.39, 0.29) is 11.3 Å². The monoisotopic (exact) mass is 291 g/mol. The molecular formula is C14H17N3O4. The van der Waals surface area contributed by atoms with Gasteiger partial charge in [0.2, 0.25) is 0 Å². The largest absolute Gasteiger partial charge is 0.303 e. The van der Waals surface area contributed by atoms with Crippen LogP contribution < -0.4 is 4.90 Å². The third-order valence-electron chi connectivity index (χ3n) is 3.70. The Morgan fingerprint density at radius 2 is 1.90 bits per heavy atom. The summed E-state index contributed by atoms with van der Waals surface area (Å²) in [4.78, 5) is 37.7. The molecule has 0 N–H and O–H groups in total. The third kappa shape index (κ3) is 2.78. The summed E-state index contributed by atoms with van der Waals surface area (Å²) in [6.07, 6.45) is 0. The summed E-state index contributed by atoms with van der Waals surface area (Å²) in [5, 5.41) is 10.8. The van der Waals surface area contributed by atoms with Gasteiger partial charge < -0.3 is 9.80 Å². The number of fused-ring (bicyclic) bond motifs is 1. The molecule has 1 aliphatic heterocycles. The lowest BCUT2D eigenvalue weighted by atomic mass is 10.1. The molecule has 0 atom stereocenters. The highest BCUT2D eigenvalue weighted by molar-refractivity contribution is 6.52. The topological polar surface area (TPSA) is 83.8 Å². The van der Waals surface area contributed by atoms with Gasteiger partial charge in [0.25, 0.3) is 17.4 Å². The number of rotatable bonds is 6. The second-order valence-corrected chi connectivity index (χ2v) is 4.77. The number of Topliss-reactive ketones (excluding diaryl/α,β-unsaturated/α-hetero) is 1. The second-order valence-electron chi connectivity index (χ2n) is 4.77. The van der Waals surface area contributed by atoms with Gasteiger partial charge in [-0.1, -0.05) is 13.8 Å². The molecule has 7 heteroatoms. The number of anilines is 1. The Hall–Kier alpha value is -2.28. The molecule has 0 radical (unpaired) electrons. The van der Waals surface area contributed by atoms with Crippen LogP contribution in [-0.2, 0) is 4.79 Å². The fourth-order valence-electron chi connectivity index (χ4n) is 2.41. The summed E-state index contributed by atoms with van der Waals surface area (Å²) in [6.45, 7) is 6.83. The predicted molar refractivity (Wildman–Crippen MR) is 77.6 cm³/mol. The number of ketones is 1. The summed E-state index contributed by atoms with van der Waals surface area (Å²) in [5.74, 6) is -1.29. The van der Waals surface area contributed by atoms with Crippen molar-refractivity contribution in [1.82, 2.24) is 4.90 Å². The Morgan fingerprint density at radius 1 is 1.24 bits per heavy atom. The smallest absolute Gasteiger partial charge is 0.299 e. The molecule has 0 bridgehead atoms.